The Morgan fingerprint density at radius 2 is 2.09 bits per heavy atom. The van der Waals surface area contributed by atoms with Crippen molar-refractivity contribution < 1.29 is 0 Å². The highest BCUT2D eigenvalue weighted by Gasteiger charge is 2.20. The number of rotatable bonds is 3. The minimum Gasteiger partial charge on any atom is -0.264 e. The Morgan fingerprint density at radius 3 is 2.91 bits per heavy atom. The summed E-state index contributed by atoms with van der Waals surface area (Å²) in [4.78, 5) is 13.9. The first-order chi connectivity index (χ1) is 10.9. The van der Waals surface area contributed by atoms with Crippen LogP contribution in [0.3, 0.4) is 0 Å². The molecule has 1 aliphatic heterocycles. The van der Waals surface area contributed by atoms with E-state index in [-0.39, 0.29) is 0 Å². The van der Waals surface area contributed by atoms with Crippen LogP contribution < -0.4 is 0 Å². The number of hydrogen-bond donors (Lipinski definition) is 0. The lowest BCUT2D eigenvalue weighted by Gasteiger charge is -2.21. The third-order valence-corrected chi connectivity index (χ3v) is 5.37. The van der Waals surface area contributed by atoms with Crippen LogP contribution in [0.2, 0.25) is 0 Å². The van der Waals surface area contributed by atoms with Crippen molar-refractivity contribution in [2.24, 2.45) is 5.92 Å². The van der Waals surface area contributed by atoms with E-state index in [2.05, 4.69) is 26.3 Å². The molecule has 22 heavy (non-hydrogen) atoms. The molecule has 0 bridgehead atoms. The molecule has 4 rings (SSSR count). The average Bonchev–Trinajstić information content (AvgIpc) is 2.94. The van der Waals surface area contributed by atoms with E-state index in [0.717, 1.165) is 29.2 Å². The van der Waals surface area contributed by atoms with Crippen LogP contribution in [0, 0.1) is 5.92 Å². The summed E-state index contributed by atoms with van der Waals surface area (Å²) in [6, 6.07) is 9.94. The van der Waals surface area contributed by atoms with Gasteiger partial charge in [-0.25, -0.2) is 15.0 Å². The zero-order valence-corrected chi connectivity index (χ0v) is 13.2. The van der Waals surface area contributed by atoms with Gasteiger partial charge in [0, 0.05) is 18.8 Å². The van der Waals surface area contributed by atoms with Crippen LogP contribution in [-0.2, 0) is 6.42 Å². The van der Waals surface area contributed by atoms with E-state index in [0.29, 0.717) is 5.92 Å². The van der Waals surface area contributed by atoms with Crippen molar-refractivity contribution >= 4 is 22.9 Å². The summed E-state index contributed by atoms with van der Waals surface area (Å²) in [6.45, 7) is 0. The van der Waals surface area contributed by atoms with Crippen molar-refractivity contribution in [1.29, 1.82) is 0 Å². The standard InChI is InChI=1S/C17H18N4S/c1-2-8-18-15(7-1)21-16(11-13-5-4-10-22-12-13)20-14-6-3-9-19-17(14)21/h1-3,6-9,13H,4-5,10-12H2. The van der Waals surface area contributed by atoms with Crippen molar-refractivity contribution in [3.8, 4) is 5.82 Å². The van der Waals surface area contributed by atoms with Gasteiger partial charge in [0.25, 0.3) is 0 Å². The smallest absolute Gasteiger partial charge is 0.165 e. The summed E-state index contributed by atoms with van der Waals surface area (Å²) < 4.78 is 2.12. The molecule has 0 aliphatic carbocycles. The molecule has 0 spiro atoms. The molecule has 4 nitrogen and oxygen atoms in total. The van der Waals surface area contributed by atoms with E-state index in [4.69, 9.17) is 4.98 Å². The molecule has 4 heterocycles. The Hall–Kier alpha value is -1.88. The first-order valence-corrected chi connectivity index (χ1v) is 8.89. The van der Waals surface area contributed by atoms with Crippen LogP contribution in [0.4, 0.5) is 0 Å². The summed E-state index contributed by atoms with van der Waals surface area (Å²) in [5.41, 5.74) is 1.85. The van der Waals surface area contributed by atoms with Gasteiger partial charge in [-0.3, -0.25) is 4.57 Å². The fourth-order valence-electron chi connectivity index (χ4n) is 3.05. The number of nitrogens with zero attached hydrogens (tertiary/aromatic N) is 4. The van der Waals surface area contributed by atoms with E-state index in [1.54, 1.807) is 0 Å². The predicted molar refractivity (Wildman–Crippen MR) is 90.4 cm³/mol. The largest absolute Gasteiger partial charge is 0.264 e. The molecule has 3 aromatic rings. The van der Waals surface area contributed by atoms with Crippen molar-refractivity contribution in [3.63, 3.8) is 0 Å². The highest BCUT2D eigenvalue weighted by Crippen LogP contribution is 2.27. The van der Waals surface area contributed by atoms with Gasteiger partial charge in [-0.2, -0.15) is 11.8 Å². The quantitative estimate of drug-likeness (QED) is 0.742. The maximum absolute atomic E-state index is 4.83. The van der Waals surface area contributed by atoms with Gasteiger partial charge in [0.2, 0.25) is 0 Å². The third-order valence-electron chi connectivity index (χ3n) is 4.09. The molecule has 112 valence electrons. The van der Waals surface area contributed by atoms with Gasteiger partial charge in [0.1, 0.15) is 17.2 Å². The fraction of sp³-hybridized carbons (Fsp3) is 0.353. The maximum atomic E-state index is 4.83. The summed E-state index contributed by atoms with van der Waals surface area (Å²) in [5.74, 6) is 5.23. The van der Waals surface area contributed by atoms with Crippen LogP contribution >= 0.6 is 11.8 Å². The van der Waals surface area contributed by atoms with Crippen molar-refractivity contribution in [2.75, 3.05) is 11.5 Å². The van der Waals surface area contributed by atoms with E-state index >= 15 is 0 Å². The Balaban J connectivity index is 1.79. The minimum absolute atomic E-state index is 0.707. The topological polar surface area (TPSA) is 43.6 Å². The van der Waals surface area contributed by atoms with Crippen molar-refractivity contribution in [1.82, 2.24) is 19.5 Å². The second-order valence-electron chi connectivity index (χ2n) is 5.68. The number of hydrogen-bond acceptors (Lipinski definition) is 4. The van der Waals surface area contributed by atoms with Crippen LogP contribution in [-0.4, -0.2) is 31.0 Å². The van der Waals surface area contributed by atoms with Crippen molar-refractivity contribution in [3.05, 3.63) is 48.5 Å². The monoisotopic (exact) mass is 310 g/mol. The lowest BCUT2D eigenvalue weighted by atomic mass is 10.0. The van der Waals surface area contributed by atoms with Crippen LogP contribution in [0.25, 0.3) is 17.0 Å². The predicted octanol–water partition coefficient (Wildman–Crippen LogP) is 3.50. The first kappa shape index (κ1) is 13.8. The number of aromatic nitrogens is 4. The first-order valence-electron chi connectivity index (χ1n) is 7.73. The van der Waals surface area contributed by atoms with Crippen LogP contribution in [0.1, 0.15) is 18.7 Å². The molecule has 1 unspecified atom stereocenters. The maximum Gasteiger partial charge on any atom is 0.165 e. The number of imidazole rings is 1. The van der Waals surface area contributed by atoms with E-state index in [1.807, 2.05) is 42.7 Å². The van der Waals surface area contributed by atoms with E-state index in [1.165, 1.54) is 24.3 Å². The normalized spacial score (nSPS) is 18.6. The number of thioether (sulfide) groups is 1. The van der Waals surface area contributed by atoms with E-state index < -0.39 is 0 Å². The highest BCUT2D eigenvalue weighted by molar-refractivity contribution is 7.99. The second-order valence-corrected chi connectivity index (χ2v) is 6.83. The Labute approximate surface area is 134 Å². The zero-order valence-electron chi connectivity index (χ0n) is 12.4. The van der Waals surface area contributed by atoms with Crippen LogP contribution in [0.5, 0.6) is 0 Å². The van der Waals surface area contributed by atoms with Gasteiger partial charge in [-0.1, -0.05) is 6.07 Å². The van der Waals surface area contributed by atoms with E-state index in [9.17, 15) is 0 Å². The molecular weight excluding hydrogens is 292 g/mol. The third kappa shape index (κ3) is 2.61. The summed E-state index contributed by atoms with van der Waals surface area (Å²) in [7, 11) is 0. The average molecular weight is 310 g/mol. The molecule has 0 aromatic carbocycles. The molecule has 1 aliphatic rings. The van der Waals surface area contributed by atoms with Crippen molar-refractivity contribution in [2.45, 2.75) is 19.3 Å². The molecule has 1 saturated heterocycles. The van der Waals surface area contributed by atoms with Gasteiger partial charge in [0.05, 0.1) is 0 Å². The SMILES string of the molecule is c1ccc(-n2c(CC3CCCSC3)nc3cccnc32)nc1. The highest BCUT2D eigenvalue weighted by atomic mass is 32.2. The number of fused-ring (bicyclic) bond motifs is 1. The summed E-state index contributed by atoms with van der Waals surface area (Å²) >= 11 is 2.06. The summed E-state index contributed by atoms with van der Waals surface area (Å²) in [5, 5.41) is 0. The van der Waals surface area contributed by atoms with Gasteiger partial charge in [-0.15, -0.1) is 0 Å². The minimum atomic E-state index is 0.707. The van der Waals surface area contributed by atoms with Gasteiger partial charge in [0.15, 0.2) is 5.65 Å². The Bertz CT molecular complexity index is 763. The fourth-order valence-corrected chi connectivity index (χ4v) is 4.20. The lowest BCUT2D eigenvalue weighted by Crippen LogP contribution is -2.16. The Morgan fingerprint density at radius 1 is 1.14 bits per heavy atom. The molecular formula is C17H18N4S. The molecule has 0 amide bonds. The summed E-state index contributed by atoms with van der Waals surface area (Å²) in [6.07, 6.45) is 7.26. The second kappa shape index (κ2) is 6.08. The molecule has 3 aromatic heterocycles. The molecule has 1 fully saturated rings. The van der Waals surface area contributed by atoms with Gasteiger partial charge >= 0.3 is 0 Å². The molecule has 0 N–H and O–H groups in total. The van der Waals surface area contributed by atoms with Crippen LogP contribution in [0.15, 0.2) is 42.7 Å². The zero-order chi connectivity index (χ0) is 14.8. The molecule has 0 saturated carbocycles. The molecule has 5 heteroatoms. The molecule has 0 radical (unpaired) electrons. The van der Waals surface area contributed by atoms with Gasteiger partial charge in [-0.05, 0) is 54.5 Å². The van der Waals surface area contributed by atoms with Gasteiger partial charge < -0.3 is 0 Å². The molecule has 1 atom stereocenters. The number of pyridine rings is 2. The lowest BCUT2D eigenvalue weighted by molar-refractivity contribution is 0.506. The Kier molecular flexibility index (Phi) is 3.81.